The fourth-order valence-corrected chi connectivity index (χ4v) is 1.57. The highest BCUT2D eigenvalue weighted by molar-refractivity contribution is 6.06. The van der Waals surface area contributed by atoms with Crippen molar-refractivity contribution < 1.29 is 4.42 Å². The minimum Gasteiger partial charge on any atom is -0.470 e. The van der Waals surface area contributed by atoms with Gasteiger partial charge in [-0.25, -0.2) is 0 Å². The molecule has 12 heavy (non-hydrogen) atoms. The summed E-state index contributed by atoms with van der Waals surface area (Å²) in [6.07, 6.45) is 3.50. The van der Waals surface area contributed by atoms with Crippen molar-refractivity contribution in [3.63, 3.8) is 0 Å². The topological polar surface area (TPSA) is 28.9 Å². The summed E-state index contributed by atoms with van der Waals surface area (Å²) in [6, 6.07) is 8.20. The van der Waals surface area contributed by atoms with Crippen LogP contribution < -0.4 is 0 Å². The molecule has 0 aliphatic heterocycles. The molecule has 0 saturated carbocycles. The van der Waals surface area contributed by atoms with Gasteiger partial charge in [-0.15, -0.1) is 0 Å². The molecule has 2 heterocycles. The smallest absolute Gasteiger partial charge is 0.114 e. The number of aromatic nitrogens is 1. The van der Waals surface area contributed by atoms with Crippen LogP contribution in [0.2, 0.25) is 0 Å². The first-order valence-electron chi connectivity index (χ1n) is 3.88. The molecule has 0 bridgehead atoms. The fraction of sp³-hybridized carbons (Fsp3) is 0. The van der Waals surface area contributed by atoms with Gasteiger partial charge < -0.3 is 9.40 Å². The Morgan fingerprint density at radius 2 is 1.83 bits per heavy atom. The number of hydrogen-bond donors (Lipinski definition) is 1. The minimum atomic E-state index is 1.07. The van der Waals surface area contributed by atoms with Crippen molar-refractivity contribution in [3.8, 4) is 0 Å². The number of para-hydroxylation sites is 1. The Labute approximate surface area is 68.8 Å². The van der Waals surface area contributed by atoms with Crippen LogP contribution in [0.25, 0.3) is 21.8 Å². The lowest BCUT2D eigenvalue weighted by Gasteiger charge is -1.85. The lowest BCUT2D eigenvalue weighted by atomic mass is 10.2. The summed E-state index contributed by atoms with van der Waals surface area (Å²) in [5, 5.41) is 2.38. The van der Waals surface area contributed by atoms with Gasteiger partial charge in [0.1, 0.15) is 12.5 Å². The molecule has 1 aromatic carbocycles. The predicted molar refractivity (Wildman–Crippen MR) is 48.1 cm³/mol. The molecule has 1 N–H and O–H groups in total. The first-order valence-corrected chi connectivity index (χ1v) is 3.88. The average molecular weight is 157 g/mol. The van der Waals surface area contributed by atoms with Gasteiger partial charge in [0, 0.05) is 16.3 Å². The van der Waals surface area contributed by atoms with E-state index >= 15 is 0 Å². The number of nitrogens with one attached hydrogen (secondary N) is 1. The second kappa shape index (κ2) is 1.91. The molecule has 0 atom stereocenters. The minimum absolute atomic E-state index is 1.07. The largest absolute Gasteiger partial charge is 0.470 e. The number of aromatic amines is 1. The molecule has 0 aliphatic rings. The van der Waals surface area contributed by atoms with E-state index in [1.165, 1.54) is 10.9 Å². The van der Waals surface area contributed by atoms with Gasteiger partial charge in [-0.3, -0.25) is 0 Å². The summed E-state index contributed by atoms with van der Waals surface area (Å²) in [5.41, 5.74) is 2.23. The van der Waals surface area contributed by atoms with Crippen LogP contribution in [0.3, 0.4) is 0 Å². The summed E-state index contributed by atoms with van der Waals surface area (Å²) in [6.45, 7) is 0. The molecule has 2 heteroatoms. The molecular formula is C10H7NO. The van der Waals surface area contributed by atoms with Gasteiger partial charge in [-0.05, 0) is 6.07 Å². The summed E-state index contributed by atoms with van der Waals surface area (Å²) in [5.74, 6) is 0. The van der Waals surface area contributed by atoms with Crippen LogP contribution in [0.4, 0.5) is 0 Å². The maximum absolute atomic E-state index is 5.08. The first kappa shape index (κ1) is 5.89. The quantitative estimate of drug-likeness (QED) is 0.534. The second-order valence-electron chi connectivity index (χ2n) is 2.87. The highest BCUT2D eigenvalue weighted by atomic mass is 16.3. The van der Waals surface area contributed by atoms with E-state index in [1.807, 2.05) is 12.1 Å². The maximum Gasteiger partial charge on any atom is 0.114 e. The molecule has 0 fully saturated rings. The number of rotatable bonds is 0. The monoisotopic (exact) mass is 157 g/mol. The standard InChI is InChI=1S/C10H7NO/c1-2-4-9-7(3-1)8-5-12-6-10(8)11-9/h1-6,11H. The first-order chi connectivity index (χ1) is 5.95. The summed E-state index contributed by atoms with van der Waals surface area (Å²) < 4.78 is 5.08. The van der Waals surface area contributed by atoms with Gasteiger partial charge in [0.05, 0.1) is 5.52 Å². The van der Waals surface area contributed by atoms with Gasteiger partial charge >= 0.3 is 0 Å². The molecule has 3 aromatic rings. The average Bonchev–Trinajstić information content (AvgIpc) is 2.62. The second-order valence-corrected chi connectivity index (χ2v) is 2.87. The van der Waals surface area contributed by atoms with Gasteiger partial charge in [0.15, 0.2) is 0 Å². The summed E-state index contributed by atoms with van der Waals surface area (Å²) >= 11 is 0. The Balaban J connectivity index is 2.68. The number of benzene rings is 1. The van der Waals surface area contributed by atoms with Crippen LogP contribution >= 0.6 is 0 Å². The summed E-state index contributed by atoms with van der Waals surface area (Å²) in [7, 11) is 0. The third kappa shape index (κ3) is 0.593. The maximum atomic E-state index is 5.08. The number of furan rings is 1. The third-order valence-electron chi connectivity index (χ3n) is 2.15. The van der Waals surface area contributed by atoms with Crippen molar-refractivity contribution in [2.24, 2.45) is 0 Å². The van der Waals surface area contributed by atoms with E-state index < -0.39 is 0 Å². The lowest BCUT2D eigenvalue weighted by molar-refractivity contribution is 0.572. The van der Waals surface area contributed by atoms with E-state index in [0.717, 1.165) is 10.9 Å². The van der Waals surface area contributed by atoms with E-state index in [2.05, 4.69) is 17.1 Å². The van der Waals surface area contributed by atoms with Crippen molar-refractivity contribution >= 4 is 21.8 Å². The Kier molecular flexibility index (Phi) is 0.939. The highest BCUT2D eigenvalue weighted by Crippen LogP contribution is 2.25. The van der Waals surface area contributed by atoms with Gasteiger partial charge in [0.25, 0.3) is 0 Å². The molecule has 3 rings (SSSR count). The zero-order valence-electron chi connectivity index (χ0n) is 6.37. The zero-order chi connectivity index (χ0) is 7.97. The number of hydrogen-bond acceptors (Lipinski definition) is 1. The highest BCUT2D eigenvalue weighted by Gasteiger charge is 2.03. The van der Waals surface area contributed by atoms with Crippen molar-refractivity contribution in [2.45, 2.75) is 0 Å². The molecule has 2 nitrogen and oxygen atoms in total. The van der Waals surface area contributed by atoms with Crippen LogP contribution in [-0.2, 0) is 0 Å². The Morgan fingerprint density at radius 1 is 0.917 bits per heavy atom. The van der Waals surface area contributed by atoms with E-state index in [1.54, 1.807) is 12.5 Å². The molecule has 0 unspecified atom stereocenters. The lowest BCUT2D eigenvalue weighted by Crippen LogP contribution is -1.63. The van der Waals surface area contributed by atoms with Gasteiger partial charge in [-0.2, -0.15) is 0 Å². The van der Waals surface area contributed by atoms with Crippen molar-refractivity contribution in [3.05, 3.63) is 36.8 Å². The third-order valence-corrected chi connectivity index (χ3v) is 2.15. The zero-order valence-corrected chi connectivity index (χ0v) is 6.37. The number of fused-ring (bicyclic) bond motifs is 3. The SMILES string of the molecule is c1ccc2c(c1)[nH]c1cocc12. The Bertz CT molecular complexity index is 532. The van der Waals surface area contributed by atoms with Crippen LogP contribution in [0.5, 0.6) is 0 Å². The van der Waals surface area contributed by atoms with Crippen molar-refractivity contribution in [1.82, 2.24) is 4.98 Å². The molecule has 0 spiro atoms. The number of H-pyrrole nitrogens is 1. The van der Waals surface area contributed by atoms with Crippen molar-refractivity contribution in [1.29, 1.82) is 0 Å². The van der Waals surface area contributed by atoms with E-state index in [4.69, 9.17) is 4.42 Å². The van der Waals surface area contributed by atoms with Crippen LogP contribution in [0, 0.1) is 0 Å². The molecule has 58 valence electrons. The van der Waals surface area contributed by atoms with Crippen LogP contribution in [-0.4, -0.2) is 4.98 Å². The molecule has 0 saturated heterocycles. The van der Waals surface area contributed by atoms with E-state index in [-0.39, 0.29) is 0 Å². The fourth-order valence-electron chi connectivity index (χ4n) is 1.57. The van der Waals surface area contributed by atoms with Crippen LogP contribution in [0.15, 0.2) is 41.2 Å². The normalized spacial score (nSPS) is 11.3. The molecule has 2 aromatic heterocycles. The molecule has 0 radical (unpaired) electrons. The van der Waals surface area contributed by atoms with Crippen molar-refractivity contribution in [2.75, 3.05) is 0 Å². The van der Waals surface area contributed by atoms with E-state index in [9.17, 15) is 0 Å². The van der Waals surface area contributed by atoms with Gasteiger partial charge in [0.2, 0.25) is 0 Å². The summed E-state index contributed by atoms with van der Waals surface area (Å²) in [4.78, 5) is 3.26. The van der Waals surface area contributed by atoms with Gasteiger partial charge in [-0.1, -0.05) is 18.2 Å². The molecular weight excluding hydrogens is 150 g/mol. The van der Waals surface area contributed by atoms with E-state index in [0.29, 0.717) is 0 Å². The van der Waals surface area contributed by atoms with Crippen LogP contribution in [0.1, 0.15) is 0 Å². The molecule has 0 aliphatic carbocycles. The molecule has 0 amide bonds. The predicted octanol–water partition coefficient (Wildman–Crippen LogP) is 2.91. The Hall–Kier alpha value is -1.70. The Morgan fingerprint density at radius 3 is 2.83 bits per heavy atom.